The lowest BCUT2D eigenvalue weighted by atomic mass is 10.1. The third-order valence-electron chi connectivity index (χ3n) is 3.71. The van der Waals surface area contributed by atoms with Crippen LogP contribution >= 0.6 is 0 Å². The van der Waals surface area contributed by atoms with Crippen molar-refractivity contribution in [2.75, 3.05) is 10.0 Å². The summed E-state index contributed by atoms with van der Waals surface area (Å²) in [6.07, 6.45) is 3.18. The van der Waals surface area contributed by atoms with Crippen LogP contribution < -0.4 is 10.0 Å². The Morgan fingerprint density at radius 2 is 1.60 bits per heavy atom. The van der Waals surface area contributed by atoms with E-state index < -0.39 is 10.0 Å². The number of sulfonamides is 1. The summed E-state index contributed by atoms with van der Waals surface area (Å²) in [5.41, 5.74) is 2.06. The van der Waals surface area contributed by atoms with E-state index in [4.69, 9.17) is 0 Å². The van der Waals surface area contributed by atoms with Gasteiger partial charge in [0.15, 0.2) is 5.82 Å². The Labute approximate surface area is 145 Å². The van der Waals surface area contributed by atoms with Crippen LogP contribution in [0.3, 0.4) is 0 Å². The molecule has 0 saturated carbocycles. The minimum absolute atomic E-state index is 0.202. The Balaban J connectivity index is 1.72. The lowest BCUT2D eigenvalue weighted by Crippen LogP contribution is -2.20. The molecular weight excluding hydrogens is 336 g/mol. The Bertz CT molecular complexity index is 1050. The van der Waals surface area contributed by atoms with Gasteiger partial charge in [-0.15, -0.1) is 0 Å². The van der Waals surface area contributed by atoms with Gasteiger partial charge in [-0.2, -0.15) is 4.98 Å². The van der Waals surface area contributed by atoms with Crippen molar-refractivity contribution >= 4 is 38.5 Å². The second-order valence-corrected chi connectivity index (χ2v) is 7.12. The molecule has 6 nitrogen and oxygen atoms in total. The Kier molecular flexibility index (Phi) is 3.70. The molecule has 2 aromatic carbocycles. The van der Waals surface area contributed by atoms with Crippen molar-refractivity contribution in [2.45, 2.75) is 0 Å². The SMILES string of the molecule is O=S1(=O)Nc2nc(Nc3ccccc3)ncc2C=C1c1ccccc1. The van der Waals surface area contributed by atoms with Crippen LogP contribution in [0.15, 0.2) is 66.9 Å². The maximum atomic E-state index is 12.6. The number of fused-ring (bicyclic) bond motifs is 1. The fraction of sp³-hybridized carbons (Fsp3) is 0. The highest BCUT2D eigenvalue weighted by atomic mass is 32.2. The van der Waals surface area contributed by atoms with Gasteiger partial charge in [0.25, 0.3) is 10.0 Å². The summed E-state index contributed by atoms with van der Waals surface area (Å²) in [4.78, 5) is 8.74. The molecular formula is C18H14N4O2S. The molecule has 25 heavy (non-hydrogen) atoms. The van der Waals surface area contributed by atoms with Crippen molar-refractivity contribution in [3.8, 4) is 0 Å². The normalized spacial score (nSPS) is 14.8. The third kappa shape index (κ3) is 3.09. The van der Waals surface area contributed by atoms with E-state index in [9.17, 15) is 8.42 Å². The number of hydrogen-bond donors (Lipinski definition) is 2. The Morgan fingerprint density at radius 1 is 0.920 bits per heavy atom. The van der Waals surface area contributed by atoms with Crippen LogP contribution in [0.25, 0.3) is 11.0 Å². The van der Waals surface area contributed by atoms with Crippen molar-refractivity contribution < 1.29 is 8.42 Å². The first-order valence-electron chi connectivity index (χ1n) is 7.61. The highest BCUT2D eigenvalue weighted by Crippen LogP contribution is 2.33. The van der Waals surface area contributed by atoms with Gasteiger partial charge in [-0.25, -0.2) is 13.4 Å². The van der Waals surface area contributed by atoms with Crippen LogP contribution in [0.2, 0.25) is 0 Å². The molecule has 2 N–H and O–H groups in total. The number of para-hydroxylation sites is 1. The Hall–Kier alpha value is -3.19. The van der Waals surface area contributed by atoms with E-state index in [1.807, 2.05) is 36.4 Å². The summed E-state index contributed by atoms with van der Waals surface area (Å²) in [6, 6.07) is 18.4. The van der Waals surface area contributed by atoms with Gasteiger partial charge >= 0.3 is 0 Å². The summed E-state index contributed by atoms with van der Waals surface area (Å²) < 4.78 is 27.6. The molecule has 0 aliphatic carbocycles. The molecule has 0 saturated heterocycles. The summed E-state index contributed by atoms with van der Waals surface area (Å²) in [6.45, 7) is 0. The molecule has 0 bridgehead atoms. The van der Waals surface area contributed by atoms with E-state index in [-0.39, 0.29) is 10.7 Å². The number of nitrogens with zero attached hydrogens (tertiary/aromatic N) is 2. The summed E-state index contributed by atoms with van der Waals surface area (Å²) in [5, 5.41) is 3.05. The number of hydrogen-bond acceptors (Lipinski definition) is 5. The zero-order chi connectivity index (χ0) is 17.3. The van der Waals surface area contributed by atoms with Gasteiger partial charge < -0.3 is 5.32 Å². The van der Waals surface area contributed by atoms with Gasteiger partial charge in [0.2, 0.25) is 5.95 Å². The predicted molar refractivity (Wildman–Crippen MR) is 98.6 cm³/mol. The second-order valence-electron chi connectivity index (χ2n) is 5.47. The largest absolute Gasteiger partial charge is 0.324 e. The van der Waals surface area contributed by atoms with E-state index >= 15 is 0 Å². The van der Waals surface area contributed by atoms with Gasteiger partial charge in [0, 0.05) is 17.4 Å². The molecule has 0 unspecified atom stereocenters. The smallest absolute Gasteiger partial charge is 0.263 e. The van der Waals surface area contributed by atoms with E-state index in [2.05, 4.69) is 20.0 Å². The van der Waals surface area contributed by atoms with Gasteiger partial charge in [-0.3, -0.25) is 4.72 Å². The first-order chi connectivity index (χ1) is 12.1. The maximum Gasteiger partial charge on any atom is 0.263 e. The third-order valence-corrected chi connectivity index (χ3v) is 5.11. The molecule has 0 atom stereocenters. The fourth-order valence-electron chi connectivity index (χ4n) is 2.53. The second kappa shape index (κ2) is 6.03. The van der Waals surface area contributed by atoms with Crippen molar-refractivity contribution in [1.82, 2.24) is 9.97 Å². The number of benzene rings is 2. The molecule has 0 fully saturated rings. The monoisotopic (exact) mass is 350 g/mol. The average Bonchev–Trinajstić information content (AvgIpc) is 2.62. The summed E-state index contributed by atoms with van der Waals surface area (Å²) >= 11 is 0. The molecule has 2 heterocycles. The minimum atomic E-state index is -3.69. The first kappa shape index (κ1) is 15.3. The van der Waals surface area contributed by atoms with Crippen LogP contribution in [0, 0.1) is 0 Å². The van der Waals surface area contributed by atoms with E-state index in [1.165, 1.54) is 0 Å². The number of aromatic nitrogens is 2. The summed E-state index contributed by atoms with van der Waals surface area (Å²) in [7, 11) is -3.69. The van der Waals surface area contributed by atoms with Crippen LogP contribution in [0.1, 0.15) is 11.1 Å². The van der Waals surface area contributed by atoms with E-state index in [1.54, 1.807) is 36.5 Å². The van der Waals surface area contributed by atoms with Gasteiger partial charge in [-0.1, -0.05) is 48.5 Å². The average molecular weight is 350 g/mol. The molecule has 3 aromatic rings. The fourth-order valence-corrected chi connectivity index (χ4v) is 3.79. The number of nitrogens with one attached hydrogen (secondary N) is 2. The highest BCUT2D eigenvalue weighted by molar-refractivity contribution is 8.02. The number of anilines is 3. The zero-order valence-electron chi connectivity index (χ0n) is 13.0. The molecule has 124 valence electrons. The lowest BCUT2D eigenvalue weighted by molar-refractivity contribution is 0.610. The minimum Gasteiger partial charge on any atom is -0.324 e. The molecule has 1 aliphatic rings. The van der Waals surface area contributed by atoms with Gasteiger partial charge in [0.1, 0.15) is 0 Å². The molecule has 4 rings (SSSR count). The van der Waals surface area contributed by atoms with Gasteiger partial charge in [0.05, 0.1) is 4.91 Å². The first-order valence-corrected chi connectivity index (χ1v) is 9.09. The van der Waals surface area contributed by atoms with Crippen molar-refractivity contribution in [2.24, 2.45) is 0 Å². The quantitative estimate of drug-likeness (QED) is 0.755. The van der Waals surface area contributed by atoms with Crippen molar-refractivity contribution in [3.63, 3.8) is 0 Å². The standard InChI is InChI=1S/C18H14N4O2S/c23-25(24)16(13-7-3-1-4-8-13)11-14-12-19-18(21-17(14)22-25)20-15-9-5-2-6-10-15/h1-12H,(H2,19,20,21,22). The zero-order valence-corrected chi connectivity index (χ0v) is 13.9. The van der Waals surface area contributed by atoms with E-state index in [0.717, 1.165) is 5.69 Å². The highest BCUT2D eigenvalue weighted by Gasteiger charge is 2.26. The van der Waals surface area contributed by atoms with Crippen molar-refractivity contribution in [3.05, 3.63) is 78.0 Å². The topological polar surface area (TPSA) is 84.0 Å². The molecule has 1 aliphatic heterocycles. The molecule has 1 aromatic heterocycles. The molecule has 0 spiro atoms. The lowest BCUT2D eigenvalue weighted by Gasteiger charge is -2.18. The molecule has 0 amide bonds. The maximum absolute atomic E-state index is 12.6. The molecule has 0 radical (unpaired) electrons. The van der Waals surface area contributed by atoms with E-state index in [0.29, 0.717) is 17.1 Å². The van der Waals surface area contributed by atoms with Crippen LogP contribution in [0.4, 0.5) is 17.5 Å². The molecule has 7 heteroatoms. The van der Waals surface area contributed by atoms with Gasteiger partial charge in [-0.05, 0) is 23.8 Å². The number of rotatable bonds is 3. The van der Waals surface area contributed by atoms with Crippen molar-refractivity contribution in [1.29, 1.82) is 0 Å². The van der Waals surface area contributed by atoms with Crippen LogP contribution in [-0.2, 0) is 10.0 Å². The Morgan fingerprint density at radius 3 is 2.32 bits per heavy atom. The summed E-state index contributed by atoms with van der Waals surface area (Å²) in [5.74, 6) is 0.581. The predicted octanol–water partition coefficient (Wildman–Crippen LogP) is 3.47. The van der Waals surface area contributed by atoms with Crippen LogP contribution in [-0.4, -0.2) is 18.4 Å². The van der Waals surface area contributed by atoms with Crippen LogP contribution in [0.5, 0.6) is 0 Å².